The molecule has 1 radical (unpaired) electrons. The molecular weight excluding hydrogens is 215 g/mol. The summed E-state index contributed by atoms with van der Waals surface area (Å²) in [5.74, 6) is 0. The first-order valence-corrected chi connectivity index (χ1v) is 3.90. The van der Waals surface area contributed by atoms with Crippen LogP contribution >= 0.6 is 15.9 Å². The zero-order valence-corrected chi connectivity index (χ0v) is 10.4. The number of halogens is 1. The molecule has 0 amide bonds. The second-order valence-electron chi connectivity index (χ2n) is 2.18. The number of aliphatic hydroxyl groups excluding tert-OH is 1. The molecule has 0 saturated heterocycles. The maximum absolute atomic E-state index is 8.82. The Morgan fingerprint density at radius 2 is 2.09 bits per heavy atom. The molecule has 55 valence electrons. The molecule has 3 heteroatoms. The average molecular weight is 224 g/mol. The molecule has 0 atom stereocenters. The van der Waals surface area contributed by atoms with Crippen LogP contribution in [0.1, 0.15) is 11.1 Å². The Balaban J connectivity index is 0.000001000. The van der Waals surface area contributed by atoms with E-state index >= 15 is 0 Å². The predicted octanol–water partition coefficient (Wildman–Crippen LogP) is 1.87. The molecule has 0 bridgehead atoms. The van der Waals surface area contributed by atoms with E-state index in [1.165, 1.54) is 0 Å². The summed E-state index contributed by atoms with van der Waals surface area (Å²) in [6.07, 6.45) is 0. The van der Waals surface area contributed by atoms with Crippen molar-refractivity contribution in [3.05, 3.63) is 33.8 Å². The summed E-state index contributed by atoms with van der Waals surface area (Å²) in [6, 6.07) is 5.80. The molecule has 0 fully saturated rings. The SMILES string of the molecule is Cc1c(Br)cccc1CO.[Na]. The van der Waals surface area contributed by atoms with Crippen LogP contribution in [0.4, 0.5) is 0 Å². The Hall–Kier alpha value is 0.660. The number of hydrogen-bond acceptors (Lipinski definition) is 1. The van der Waals surface area contributed by atoms with Gasteiger partial charge in [-0.25, -0.2) is 0 Å². The van der Waals surface area contributed by atoms with Gasteiger partial charge in [0.25, 0.3) is 0 Å². The first-order chi connectivity index (χ1) is 4.75. The van der Waals surface area contributed by atoms with Crippen molar-refractivity contribution in [2.45, 2.75) is 13.5 Å². The minimum Gasteiger partial charge on any atom is -0.392 e. The molecule has 1 N–H and O–H groups in total. The minimum absolute atomic E-state index is 0. The average Bonchev–Trinajstić information content (AvgIpc) is 1.95. The van der Waals surface area contributed by atoms with E-state index in [9.17, 15) is 0 Å². The third-order valence-electron chi connectivity index (χ3n) is 1.55. The summed E-state index contributed by atoms with van der Waals surface area (Å²) in [7, 11) is 0. The molecule has 0 aromatic heterocycles. The normalized spacial score (nSPS) is 9.00. The fourth-order valence-electron chi connectivity index (χ4n) is 0.823. The van der Waals surface area contributed by atoms with Crippen LogP contribution in [-0.2, 0) is 6.61 Å². The zero-order valence-electron chi connectivity index (χ0n) is 6.76. The third-order valence-corrected chi connectivity index (χ3v) is 2.41. The van der Waals surface area contributed by atoms with Gasteiger partial charge in [0, 0.05) is 34.0 Å². The van der Waals surface area contributed by atoms with E-state index in [4.69, 9.17) is 5.11 Å². The van der Waals surface area contributed by atoms with Crippen LogP contribution in [0.5, 0.6) is 0 Å². The molecular formula is C8H9BrNaO. The van der Waals surface area contributed by atoms with Crippen LogP contribution in [0.3, 0.4) is 0 Å². The number of rotatable bonds is 1. The van der Waals surface area contributed by atoms with Gasteiger partial charge in [-0.2, -0.15) is 0 Å². The molecule has 0 aliphatic carbocycles. The van der Waals surface area contributed by atoms with Crippen LogP contribution in [-0.4, -0.2) is 34.7 Å². The van der Waals surface area contributed by atoms with Crippen molar-refractivity contribution in [1.29, 1.82) is 0 Å². The van der Waals surface area contributed by atoms with E-state index in [1.54, 1.807) is 0 Å². The maximum Gasteiger partial charge on any atom is 0.0684 e. The molecule has 1 nitrogen and oxygen atoms in total. The minimum atomic E-state index is 0. The Morgan fingerprint density at radius 3 is 2.55 bits per heavy atom. The number of hydrogen-bond donors (Lipinski definition) is 1. The monoisotopic (exact) mass is 223 g/mol. The van der Waals surface area contributed by atoms with Crippen molar-refractivity contribution in [2.75, 3.05) is 0 Å². The molecule has 0 spiro atoms. The zero-order chi connectivity index (χ0) is 7.56. The largest absolute Gasteiger partial charge is 0.392 e. The summed E-state index contributed by atoms with van der Waals surface area (Å²) < 4.78 is 1.05. The van der Waals surface area contributed by atoms with E-state index in [1.807, 2.05) is 25.1 Å². The fraction of sp³-hybridized carbons (Fsp3) is 0.250. The molecule has 0 aliphatic rings. The maximum atomic E-state index is 8.82. The van der Waals surface area contributed by atoms with Gasteiger partial charge in [0.05, 0.1) is 6.61 Å². The van der Waals surface area contributed by atoms with Crippen LogP contribution in [0.15, 0.2) is 22.7 Å². The third kappa shape index (κ3) is 2.88. The van der Waals surface area contributed by atoms with Crippen molar-refractivity contribution in [3.8, 4) is 0 Å². The Bertz CT molecular complexity index is 238. The molecule has 11 heavy (non-hydrogen) atoms. The number of benzene rings is 1. The van der Waals surface area contributed by atoms with Crippen molar-refractivity contribution < 1.29 is 5.11 Å². The van der Waals surface area contributed by atoms with Gasteiger partial charge >= 0.3 is 0 Å². The van der Waals surface area contributed by atoms with E-state index in [0.717, 1.165) is 15.6 Å². The van der Waals surface area contributed by atoms with Gasteiger partial charge in [0.1, 0.15) is 0 Å². The molecule has 1 aromatic rings. The first kappa shape index (κ1) is 11.7. The molecule has 0 unspecified atom stereocenters. The predicted molar refractivity (Wildman–Crippen MR) is 50.6 cm³/mol. The van der Waals surface area contributed by atoms with E-state index in [-0.39, 0.29) is 36.2 Å². The standard InChI is InChI=1S/C8H9BrO.Na/c1-6-7(5-10)3-2-4-8(6)9;/h2-4,10H,5H2,1H3;. The number of aliphatic hydroxyl groups is 1. The van der Waals surface area contributed by atoms with Crippen LogP contribution in [0.25, 0.3) is 0 Å². The van der Waals surface area contributed by atoms with Crippen LogP contribution in [0.2, 0.25) is 0 Å². The van der Waals surface area contributed by atoms with Gasteiger partial charge in [-0.05, 0) is 24.1 Å². The van der Waals surface area contributed by atoms with Gasteiger partial charge in [-0.1, -0.05) is 28.1 Å². The Kier molecular flexibility index (Phi) is 5.65. The van der Waals surface area contributed by atoms with E-state index < -0.39 is 0 Å². The topological polar surface area (TPSA) is 20.2 Å². The van der Waals surface area contributed by atoms with Gasteiger partial charge in [0.2, 0.25) is 0 Å². The smallest absolute Gasteiger partial charge is 0.0684 e. The van der Waals surface area contributed by atoms with Crippen LogP contribution < -0.4 is 0 Å². The molecule has 1 aromatic carbocycles. The quantitative estimate of drug-likeness (QED) is 0.722. The van der Waals surface area contributed by atoms with Gasteiger partial charge in [-0.15, -0.1) is 0 Å². The summed E-state index contributed by atoms with van der Waals surface area (Å²) in [6.45, 7) is 2.10. The van der Waals surface area contributed by atoms with Gasteiger partial charge in [-0.3, -0.25) is 0 Å². The summed E-state index contributed by atoms with van der Waals surface area (Å²) in [5.41, 5.74) is 2.10. The van der Waals surface area contributed by atoms with Gasteiger partial charge in [0.15, 0.2) is 0 Å². The van der Waals surface area contributed by atoms with Crippen molar-refractivity contribution in [1.82, 2.24) is 0 Å². The molecule has 0 saturated carbocycles. The molecule has 1 rings (SSSR count). The molecule has 0 heterocycles. The van der Waals surface area contributed by atoms with E-state index in [2.05, 4.69) is 15.9 Å². The summed E-state index contributed by atoms with van der Waals surface area (Å²) in [5, 5.41) is 8.82. The first-order valence-electron chi connectivity index (χ1n) is 3.10. The molecule has 0 aliphatic heterocycles. The van der Waals surface area contributed by atoms with Gasteiger partial charge < -0.3 is 5.11 Å². The second-order valence-corrected chi connectivity index (χ2v) is 3.04. The van der Waals surface area contributed by atoms with E-state index in [0.29, 0.717) is 0 Å². The van der Waals surface area contributed by atoms with Crippen molar-refractivity contribution in [2.24, 2.45) is 0 Å². The Morgan fingerprint density at radius 1 is 1.45 bits per heavy atom. The van der Waals surface area contributed by atoms with Crippen molar-refractivity contribution in [3.63, 3.8) is 0 Å². The van der Waals surface area contributed by atoms with Crippen LogP contribution in [0, 0.1) is 6.92 Å². The summed E-state index contributed by atoms with van der Waals surface area (Å²) >= 11 is 3.38. The fourth-order valence-corrected chi connectivity index (χ4v) is 1.23. The summed E-state index contributed by atoms with van der Waals surface area (Å²) in [4.78, 5) is 0. The van der Waals surface area contributed by atoms with Crippen molar-refractivity contribution >= 4 is 45.5 Å². The second kappa shape index (κ2) is 5.33. The Labute approximate surface area is 97.2 Å².